The Morgan fingerprint density at radius 2 is 1.48 bits per heavy atom. The molecule has 33 heavy (non-hydrogen) atoms. The second-order valence-electron chi connectivity index (χ2n) is 8.58. The summed E-state index contributed by atoms with van der Waals surface area (Å²) in [6.45, 7) is 9.85. The molecule has 2 aliphatic heterocycles. The first-order chi connectivity index (χ1) is 15.0. The van der Waals surface area contributed by atoms with Gasteiger partial charge in [0.05, 0.1) is 12.5 Å². The van der Waals surface area contributed by atoms with Crippen molar-refractivity contribution in [2.45, 2.75) is 45.4 Å². The number of ether oxygens (including phenoxy) is 3. The Morgan fingerprint density at radius 1 is 0.909 bits per heavy atom. The number of rotatable bonds is 5. The van der Waals surface area contributed by atoms with Crippen molar-refractivity contribution in [2.75, 3.05) is 20.3 Å². The summed E-state index contributed by atoms with van der Waals surface area (Å²) in [4.78, 5) is 0. The van der Waals surface area contributed by atoms with E-state index in [0.717, 1.165) is 5.75 Å². The SMILES string of the molecule is CCOC1(OCC)C2c3cc(OC)ccc3C([n+]3ccccc32)C1(C)C.F[P-](F)(F)(F)(F)F. The van der Waals surface area contributed by atoms with Crippen LogP contribution in [0.3, 0.4) is 0 Å². The van der Waals surface area contributed by atoms with Gasteiger partial charge in [-0.3, -0.25) is 0 Å². The molecule has 0 saturated heterocycles. The topological polar surface area (TPSA) is 31.6 Å². The number of aromatic nitrogens is 1. The molecule has 2 atom stereocenters. The standard InChI is InChI=1S/C22H28NO3.F6P/c1-6-25-22(26-7-2)19-17-14-15(24-5)11-12-16(17)20(21(22,3)4)23-13-9-8-10-18(19)23;1-7(2,3,4,5)6/h8-14,19-20H,6-7H2,1-5H3;/q+1;-1. The summed E-state index contributed by atoms with van der Waals surface area (Å²) in [6.07, 6.45) is 2.18. The number of nitrogens with zero attached hydrogens (tertiary/aromatic N) is 1. The van der Waals surface area contributed by atoms with Gasteiger partial charge in [-0.25, -0.2) is 0 Å². The van der Waals surface area contributed by atoms with Crippen molar-refractivity contribution in [1.82, 2.24) is 0 Å². The third-order valence-electron chi connectivity index (χ3n) is 6.08. The molecular formula is C22H28F6NO3P. The average molecular weight is 499 g/mol. The van der Waals surface area contributed by atoms with Gasteiger partial charge >= 0.3 is 33.0 Å². The van der Waals surface area contributed by atoms with Gasteiger partial charge in [-0.05, 0) is 51.5 Å². The molecule has 5 rings (SSSR count). The van der Waals surface area contributed by atoms with Crippen LogP contribution in [0.15, 0.2) is 42.6 Å². The van der Waals surface area contributed by atoms with Gasteiger partial charge in [-0.2, -0.15) is 4.57 Å². The molecule has 1 aliphatic carbocycles. The van der Waals surface area contributed by atoms with E-state index in [-0.39, 0.29) is 17.4 Å². The summed E-state index contributed by atoms with van der Waals surface area (Å²) >= 11 is 0. The average Bonchev–Trinajstić information content (AvgIpc) is 2.67. The van der Waals surface area contributed by atoms with Crippen LogP contribution in [0, 0.1) is 5.41 Å². The molecule has 11 heteroatoms. The molecule has 0 N–H and O–H groups in total. The van der Waals surface area contributed by atoms with Gasteiger partial charge in [0.1, 0.15) is 11.7 Å². The molecular weight excluding hydrogens is 471 g/mol. The summed E-state index contributed by atoms with van der Waals surface area (Å²) < 4.78 is 80.1. The second kappa shape index (κ2) is 7.55. The summed E-state index contributed by atoms with van der Waals surface area (Å²) in [6, 6.07) is 13.0. The van der Waals surface area contributed by atoms with Crippen LogP contribution in [0.1, 0.15) is 56.5 Å². The van der Waals surface area contributed by atoms with Crippen LogP contribution >= 0.6 is 7.81 Å². The number of halogens is 6. The van der Waals surface area contributed by atoms with E-state index < -0.39 is 13.6 Å². The third kappa shape index (κ3) is 4.98. The van der Waals surface area contributed by atoms with Crippen molar-refractivity contribution in [3.8, 4) is 5.75 Å². The maximum atomic E-state index is 9.87. The maximum absolute atomic E-state index is 10.7. The number of benzene rings is 1. The zero-order valence-electron chi connectivity index (χ0n) is 19.0. The number of methoxy groups -OCH3 is 1. The van der Waals surface area contributed by atoms with E-state index in [1.54, 1.807) is 7.11 Å². The van der Waals surface area contributed by atoms with E-state index in [0.29, 0.717) is 13.2 Å². The summed E-state index contributed by atoms with van der Waals surface area (Å²) in [5.41, 5.74) is 3.59. The fraction of sp³-hybridized carbons (Fsp3) is 0.500. The van der Waals surface area contributed by atoms with E-state index in [1.807, 2.05) is 13.8 Å². The van der Waals surface area contributed by atoms with Gasteiger partial charge in [-0.15, -0.1) is 0 Å². The Labute approximate surface area is 188 Å². The minimum atomic E-state index is -10.7. The molecule has 2 unspecified atom stereocenters. The first kappa shape index (κ1) is 25.7. The molecule has 2 aromatic rings. The summed E-state index contributed by atoms with van der Waals surface area (Å²) in [7, 11) is -8.94. The molecule has 1 aromatic carbocycles. The van der Waals surface area contributed by atoms with E-state index in [4.69, 9.17) is 14.2 Å². The van der Waals surface area contributed by atoms with Gasteiger partial charge in [0, 0.05) is 30.9 Å². The zero-order valence-corrected chi connectivity index (χ0v) is 19.9. The Balaban J connectivity index is 0.000000383. The number of fused-ring (bicyclic) bond motifs is 1. The Kier molecular flexibility index (Phi) is 5.88. The van der Waals surface area contributed by atoms with Crippen LogP contribution in [0.5, 0.6) is 5.75 Å². The van der Waals surface area contributed by atoms with Crippen molar-refractivity contribution in [3.05, 3.63) is 59.4 Å². The van der Waals surface area contributed by atoms with E-state index in [1.165, 1.54) is 16.8 Å². The molecule has 0 spiro atoms. The fourth-order valence-corrected chi connectivity index (χ4v) is 5.14. The van der Waals surface area contributed by atoms with Crippen molar-refractivity contribution < 1.29 is 44.0 Å². The van der Waals surface area contributed by atoms with Crippen molar-refractivity contribution >= 4 is 7.81 Å². The van der Waals surface area contributed by atoms with Crippen molar-refractivity contribution in [1.29, 1.82) is 0 Å². The molecule has 0 radical (unpaired) electrons. The van der Waals surface area contributed by atoms with E-state index in [9.17, 15) is 25.2 Å². The van der Waals surface area contributed by atoms with Crippen LogP contribution in [-0.4, -0.2) is 26.1 Å². The molecule has 0 saturated carbocycles. The molecule has 0 fully saturated rings. The molecule has 2 bridgehead atoms. The van der Waals surface area contributed by atoms with Gasteiger partial charge in [0.15, 0.2) is 23.7 Å². The Morgan fingerprint density at radius 3 is 2.00 bits per heavy atom. The monoisotopic (exact) mass is 499 g/mol. The van der Waals surface area contributed by atoms with Crippen molar-refractivity contribution in [2.24, 2.45) is 5.41 Å². The van der Waals surface area contributed by atoms with Crippen molar-refractivity contribution in [3.63, 3.8) is 0 Å². The number of hydrogen-bond acceptors (Lipinski definition) is 3. The van der Waals surface area contributed by atoms with Crippen LogP contribution in [0.4, 0.5) is 25.2 Å². The van der Waals surface area contributed by atoms with Gasteiger partial charge in [0.25, 0.3) is 0 Å². The first-order valence-electron chi connectivity index (χ1n) is 10.5. The molecule has 3 aliphatic rings. The van der Waals surface area contributed by atoms with Crippen LogP contribution < -0.4 is 9.30 Å². The normalized spacial score (nSPS) is 23.8. The predicted octanol–water partition coefficient (Wildman–Crippen LogP) is 7.21. The third-order valence-corrected chi connectivity index (χ3v) is 6.08. The van der Waals surface area contributed by atoms with Gasteiger partial charge in [0.2, 0.25) is 0 Å². The van der Waals surface area contributed by atoms with Crippen LogP contribution in [0.25, 0.3) is 0 Å². The molecule has 4 nitrogen and oxygen atoms in total. The number of pyridine rings is 1. The Hall–Kier alpha value is -1.90. The summed E-state index contributed by atoms with van der Waals surface area (Å²) in [5.74, 6) is 0.161. The first-order valence-corrected chi connectivity index (χ1v) is 12.5. The van der Waals surface area contributed by atoms with Gasteiger partial charge < -0.3 is 14.2 Å². The summed E-state index contributed by atoms with van der Waals surface area (Å²) in [5, 5.41) is 0. The molecule has 0 amide bonds. The number of hydrogen-bond donors (Lipinski definition) is 0. The predicted molar refractivity (Wildman–Crippen MR) is 113 cm³/mol. The van der Waals surface area contributed by atoms with E-state index in [2.05, 4.69) is 61.0 Å². The molecule has 1 aromatic heterocycles. The quantitative estimate of drug-likeness (QED) is 0.189. The van der Waals surface area contributed by atoms with Crippen LogP contribution in [-0.2, 0) is 9.47 Å². The fourth-order valence-electron chi connectivity index (χ4n) is 5.14. The molecule has 3 heterocycles. The van der Waals surface area contributed by atoms with E-state index >= 15 is 0 Å². The second-order valence-corrected chi connectivity index (χ2v) is 10.5. The minimum absolute atomic E-state index is 0.00583. The zero-order chi connectivity index (χ0) is 24.9. The van der Waals surface area contributed by atoms with Gasteiger partial charge in [-0.1, -0.05) is 6.07 Å². The van der Waals surface area contributed by atoms with Crippen LogP contribution in [0.2, 0.25) is 0 Å². The Bertz CT molecular complexity index is 1030. The molecule has 186 valence electrons.